The summed E-state index contributed by atoms with van der Waals surface area (Å²) in [5, 5.41) is 6.37. The fourth-order valence-corrected chi connectivity index (χ4v) is 4.12. The first-order valence-corrected chi connectivity index (χ1v) is 11.0. The van der Waals surface area contributed by atoms with Crippen LogP contribution in [0, 0.1) is 0 Å². The second kappa shape index (κ2) is 9.57. The summed E-state index contributed by atoms with van der Waals surface area (Å²) < 4.78 is 10.6. The van der Waals surface area contributed by atoms with Gasteiger partial charge in [-0.3, -0.25) is 0 Å². The van der Waals surface area contributed by atoms with Crippen LogP contribution in [-0.2, 0) is 4.74 Å². The van der Waals surface area contributed by atoms with E-state index in [-0.39, 0.29) is 5.97 Å². The standard InChI is InChI=1S/C24H23N3O3S/c1-3-4-12-30-24(28)17-6-5-7-18(13-17)27-22-21-20(14-31-23(21)26-15-25-22)16-8-10-19(29-2)11-9-16/h5-11,13-15H,3-4,12H2,1-2H3,(H,25,26,27). The molecule has 2 heterocycles. The van der Waals surface area contributed by atoms with E-state index in [1.165, 1.54) is 0 Å². The molecule has 0 amide bonds. The largest absolute Gasteiger partial charge is 0.497 e. The zero-order valence-corrected chi connectivity index (χ0v) is 18.2. The number of aromatic nitrogens is 2. The van der Waals surface area contributed by atoms with Gasteiger partial charge in [-0.1, -0.05) is 31.5 Å². The molecule has 6 nitrogen and oxygen atoms in total. The average Bonchev–Trinajstić information content (AvgIpc) is 3.25. The van der Waals surface area contributed by atoms with Crippen molar-refractivity contribution in [1.29, 1.82) is 0 Å². The number of anilines is 2. The number of esters is 1. The number of ether oxygens (including phenoxy) is 2. The molecule has 158 valence electrons. The lowest BCUT2D eigenvalue weighted by atomic mass is 10.1. The van der Waals surface area contributed by atoms with E-state index in [0.717, 1.165) is 45.6 Å². The second-order valence-corrected chi connectivity index (χ2v) is 7.83. The highest BCUT2D eigenvalue weighted by atomic mass is 32.1. The van der Waals surface area contributed by atoms with Crippen LogP contribution in [0.3, 0.4) is 0 Å². The molecule has 0 fully saturated rings. The van der Waals surface area contributed by atoms with E-state index in [4.69, 9.17) is 9.47 Å². The molecule has 0 aliphatic carbocycles. The summed E-state index contributed by atoms with van der Waals surface area (Å²) in [7, 11) is 1.65. The van der Waals surface area contributed by atoms with Gasteiger partial charge in [0.1, 0.15) is 22.7 Å². The van der Waals surface area contributed by atoms with Crippen molar-refractivity contribution >= 4 is 39.0 Å². The predicted molar refractivity (Wildman–Crippen MR) is 124 cm³/mol. The van der Waals surface area contributed by atoms with Gasteiger partial charge in [0.15, 0.2) is 0 Å². The van der Waals surface area contributed by atoms with E-state index in [0.29, 0.717) is 18.0 Å². The molecule has 0 saturated carbocycles. The zero-order valence-electron chi connectivity index (χ0n) is 17.4. The fraction of sp³-hybridized carbons (Fsp3) is 0.208. The normalized spacial score (nSPS) is 10.8. The fourth-order valence-electron chi connectivity index (χ4n) is 3.21. The number of benzene rings is 2. The lowest BCUT2D eigenvalue weighted by molar-refractivity contribution is 0.0500. The second-order valence-electron chi connectivity index (χ2n) is 6.98. The van der Waals surface area contributed by atoms with E-state index >= 15 is 0 Å². The Morgan fingerprint density at radius 1 is 1.13 bits per heavy atom. The topological polar surface area (TPSA) is 73.3 Å². The van der Waals surface area contributed by atoms with Crippen molar-refractivity contribution in [2.24, 2.45) is 0 Å². The first-order chi connectivity index (χ1) is 15.2. The van der Waals surface area contributed by atoms with Gasteiger partial charge in [-0.25, -0.2) is 14.8 Å². The van der Waals surface area contributed by atoms with E-state index in [2.05, 4.69) is 27.6 Å². The van der Waals surface area contributed by atoms with Crippen LogP contribution in [0.5, 0.6) is 5.75 Å². The van der Waals surface area contributed by atoms with Gasteiger partial charge >= 0.3 is 5.97 Å². The lowest BCUT2D eigenvalue weighted by Crippen LogP contribution is -2.06. The third kappa shape index (κ3) is 4.67. The molecule has 0 radical (unpaired) electrons. The Bertz CT molecular complexity index is 1190. The van der Waals surface area contributed by atoms with Gasteiger partial charge < -0.3 is 14.8 Å². The number of rotatable bonds is 8. The van der Waals surface area contributed by atoms with Crippen molar-refractivity contribution in [2.45, 2.75) is 19.8 Å². The minimum absolute atomic E-state index is 0.320. The van der Waals surface area contributed by atoms with Gasteiger partial charge in [0.2, 0.25) is 0 Å². The highest BCUT2D eigenvalue weighted by molar-refractivity contribution is 7.17. The van der Waals surface area contributed by atoms with Crippen molar-refractivity contribution in [3.8, 4) is 16.9 Å². The van der Waals surface area contributed by atoms with Crippen LogP contribution in [-0.4, -0.2) is 29.7 Å². The molecule has 0 saturated heterocycles. The Balaban J connectivity index is 1.64. The van der Waals surface area contributed by atoms with Gasteiger partial charge in [0.25, 0.3) is 0 Å². The first kappa shape index (κ1) is 20.8. The van der Waals surface area contributed by atoms with Crippen LogP contribution in [0.25, 0.3) is 21.3 Å². The number of unbranched alkanes of at least 4 members (excludes halogenated alkanes) is 1. The summed E-state index contributed by atoms with van der Waals surface area (Å²) in [5.74, 6) is 1.17. The van der Waals surface area contributed by atoms with Gasteiger partial charge in [0.05, 0.1) is 24.7 Å². The number of nitrogens with zero attached hydrogens (tertiary/aromatic N) is 2. The summed E-state index contributed by atoms with van der Waals surface area (Å²) in [6.45, 7) is 2.49. The predicted octanol–water partition coefficient (Wildman–Crippen LogP) is 6.07. The van der Waals surface area contributed by atoms with Crippen molar-refractivity contribution in [2.75, 3.05) is 19.0 Å². The SMILES string of the molecule is CCCCOC(=O)c1cccc(Nc2ncnc3scc(-c4ccc(OC)cc4)c23)c1. The summed E-state index contributed by atoms with van der Waals surface area (Å²) in [5.41, 5.74) is 3.36. The number of carbonyl (C=O) groups excluding carboxylic acids is 1. The molecule has 0 unspecified atom stereocenters. The third-order valence-corrected chi connectivity index (χ3v) is 5.75. The van der Waals surface area contributed by atoms with E-state index in [1.807, 2.05) is 36.4 Å². The maximum absolute atomic E-state index is 12.3. The molecular formula is C24H23N3O3S. The Morgan fingerprint density at radius 2 is 1.97 bits per heavy atom. The lowest BCUT2D eigenvalue weighted by Gasteiger charge is -2.10. The molecule has 4 aromatic rings. The van der Waals surface area contributed by atoms with E-state index in [9.17, 15) is 4.79 Å². The number of hydrogen-bond donors (Lipinski definition) is 1. The number of thiophene rings is 1. The molecule has 1 N–H and O–H groups in total. The Hall–Kier alpha value is -3.45. The van der Waals surface area contributed by atoms with Crippen LogP contribution < -0.4 is 10.1 Å². The molecule has 2 aromatic heterocycles. The molecule has 0 aliphatic rings. The number of methoxy groups -OCH3 is 1. The Labute approximate surface area is 184 Å². The highest BCUT2D eigenvalue weighted by Gasteiger charge is 2.14. The van der Waals surface area contributed by atoms with Gasteiger partial charge in [-0.2, -0.15) is 0 Å². The minimum atomic E-state index is -0.320. The van der Waals surface area contributed by atoms with Crippen LogP contribution in [0.1, 0.15) is 30.1 Å². The molecule has 7 heteroatoms. The summed E-state index contributed by atoms with van der Waals surface area (Å²) in [4.78, 5) is 22.1. The van der Waals surface area contributed by atoms with Crippen molar-refractivity contribution < 1.29 is 14.3 Å². The van der Waals surface area contributed by atoms with Crippen LogP contribution >= 0.6 is 11.3 Å². The van der Waals surface area contributed by atoms with Gasteiger partial charge in [-0.15, -0.1) is 11.3 Å². The molecule has 2 aromatic carbocycles. The monoisotopic (exact) mass is 433 g/mol. The number of fused-ring (bicyclic) bond motifs is 1. The number of nitrogens with one attached hydrogen (secondary N) is 1. The molecule has 0 atom stereocenters. The van der Waals surface area contributed by atoms with Crippen LogP contribution in [0.2, 0.25) is 0 Å². The van der Waals surface area contributed by atoms with Crippen LogP contribution in [0.4, 0.5) is 11.5 Å². The third-order valence-electron chi connectivity index (χ3n) is 4.86. The Morgan fingerprint density at radius 3 is 2.74 bits per heavy atom. The van der Waals surface area contributed by atoms with Gasteiger partial charge in [0, 0.05) is 16.6 Å². The van der Waals surface area contributed by atoms with E-state index < -0.39 is 0 Å². The van der Waals surface area contributed by atoms with Crippen molar-refractivity contribution in [1.82, 2.24) is 9.97 Å². The Kier molecular flexibility index (Phi) is 6.43. The maximum Gasteiger partial charge on any atom is 0.338 e. The average molecular weight is 434 g/mol. The first-order valence-electron chi connectivity index (χ1n) is 10.1. The highest BCUT2D eigenvalue weighted by Crippen LogP contribution is 2.37. The molecule has 4 rings (SSSR count). The minimum Gasteiger partial charge on any atom is -0.497 e. The summed E-state index contributed by atoms with van der Waals surface area (Å²) in [6.07, 6.45) is 3.38. The maximum atomic E-state index is 12.3. The number of hydrogen-bond acceptors (Lipinski definition) is 7. The smallest absolute Gasteiger partial charge is 0.338 e. The molecule has 31 heavy (non-hydrogen) atoms. The van der Waals surface area contributed by atoms with Crippen molar-refractivity contribution in [3.05, 3.63) is 65.8 Å². The van der Waals surface area contributed by atoms with E-state index in [1.54, 1.807) is 36.9 Å². The summed E-state index contributed by atoms with van der Waals surface area (Å²) >= 11 is 1.57. The quantitative estimate of drug-likeness (QED) is 0.269. The van der Waals surface area contributed by atoms with Crippen molar-refractivity contribution in [3.63, 3.8) is 0 Å². The molecular weight excluding hydrogens is 410 g/mol. The molecule has 0 bridgehead atoms. The molecule has 0 spiro atoms. The van der Waals surface area contributed by atoms with Gasteiger partial charge in [-0.05, 0) is 42.3 Å². The van der Waals surface area contributed by atoms with Crippen LogP contribution in [0.15, 0.2) is 60.2 Å². The molecule has 0 aliphatic heterocycles. The number of carbonyl (C=O) groups is 1. The summed E-state index contributed by atoms with van der Waals surface area (Å²) in [6, 6.07) is 15.2. The zero-order chi connectivity index (χ0) is 21.6.